The number of carboxylic acid groups (broad SMARTS) is 1. The zero-order valence-electron chi connectivity index (χ0n) is 18.0. The van der Waals surface area contributed by atoms with E-state index in [2.05, 4.69) is 30.4 Å². The van der Waals surface area contributed by atoms with Gasteiger partial charge in [-0.1, -0.05) is 60.7 Å². The van der Waals surface area contributed by atoms with Crippen molar-refractivity contribution in [2.24, 2.45) is 0 Å². The Hall–Kier alpha value is -4.12. The fourth-order valence-corrected chi connectivity index (χ4v) is 2.96. The van der Waals surface area contributed by atoms with Crippen LogP contribution in [0, 0.1) is 0 Å². The van der Waals surface area contributed by atoms with Crippen molar-refractivity contribution in [2.75, 3.05) is 0 Å². The summed E-state index contributed by atoms with van der Waals surface area (Å²) in [6, 6.07) is 23.7. The number of hydrogen-bond acceptors (Lipinski definition) is 3. The molecule has 162 valence electrons. The minimum atomic E-state index is -1.22. The molecule has 0 saturated heterocycles. The van der Waals surface area contributed by atoms with Crippen LogP contribution in [0.5, 0.6) is 5.75 Å². The first kappa shape index (κ1) is 22.6. The molecule has 0 fully saturated rings. The van der Waals surface area contributed by atoms with Gasteiger partial charge in [-0.05, 0) is 66.5 Å². The summed E-state index contributed by atoms with van der Waals surface area (Å²) in [5, 5.41) is 11.9. The highest BCUT2D eigenvalue weighted by molar-refractivity contribution is 6.02. The van der Waals surface area contributed by atoms with Crippen molar-refractivity contribution >= 4 is 23.5 Å². The van der Waals surface area contributed by atoms with Crippen LogP contribution in [-0.4, -0.2) is 17.0 Å². The number of allylic oxidation sites excluding steroid dienone is 2. The van der Waals surface area contributed by atoms with Gasteiger partial charge in [0.1, 0.15) is 18.1 Å². The summed E-state index contributed by atoms with van der Waals surface area (Å²) in [4.78, 5) is 23.8. The minimum Gasteiger partial charge on any atom is -0.489 e. The Labute approximate surface area is 187 Å². The van der Waals surface area contributed by atoms with Gasteiger partial charge in [-0.15, -0.1) is 0 Å². The molecule has 0 aliphatic heterocycles. The zero-order valence-corrected chi connectivity index (χ0v) is 18.0. The average Bonchev–Trinajstić information content (AvgIpc) is 2.83. The number of ether oxygens (including phenoxy) is 1. The van der Waals surface area contributed by atoms with Crippen molar-refractivity contribution in [1.29, 1.82) is 0 Å². The number of carbonyl (C=O) groups is 2. The fraction of sp³-hybridized carbons (Fsp3) is 0.111. The second-order valence-electron chi connectivity index (χ2n) is 7.21. The summed E-state index contributed by atoms with van der Waals surface area (Å²) < 4.78 is 5.83. The van der Waals surface area contributed by atoms with Gasteiger partial charge in [-0.2, -0.15) is 0 Å². The summed E-state index contributed by atoms with van der Waals surface area (Å²) in [7, 11) is 0. The van der Waals surface area contributed by atoms with Crippen LogP contribution < -0.4 is 10.1 Å². The van der Waals surface area contributed by atoms with Crippen molar-refractivity contribution in [2.45, 2.75) is 20.5 Å². The van der Waals surface area contributed by atoms with Crippen molar-refractivity contribution < 1.29 is 19.4 Å². The lowest BCUT2D eigenvalue weighted by atomic mass is 10.1. The predicted octanol–water partition coefficient (Wildman–Crippen LogP) is 5.54. The first-order valence-corrected chi connectivity index (χ1v) is 10.2. The van der Waals surface area contributed by atoms with Crippen molar-refractivity contribution in [3.8, 4) is 5.75 Å². The van der Waals surface area contributed by atoms with Gasteiger partial charge in [0.25, 0.3) is 5.91 Å². The Morgan fingerprint density at radius 3 is 2.16 bits per heavy atom. The van der Waals surface area contributed by atoms with E-state index in [1.165, 1.54) is 17.2 Å². The second-order valence-corrected chi connectivity index (χ2v) is 7.21. The van der Waals surface area contributed by atoms with Gasteiger partial charge in [-0.25, -0.2) is 4.79 Å². The van der Waals surface area contributed by atoms with Crippen LogP contribution in [0.3, 0.4) is 0 Å². The Kier molecular flexibility index (Phi) is 7.60. The van der Waals surface area contributed by atoms with E-state index in [4.69, 9.17) is 4.74 Å². The molecule has 0 atom stereocenters. The summed E-state index contributed by atoms with van der Waals surface area (Å²) >= 11 is 0. The normalized spacial score (nSPS) is 11.7. The molecule has 0 saturated carbocycles. The number of aliphatic carboxylic acids is 1. The highest BCUT2D eigenvalue weighted by Gasteiger charge is 2.13. The van der Waals surface area contributed by atoms with Gasteiger partial charge in [0.2, 0.25) is 0 Å². The fourth-order valence-electron chi connectivity index (χ4n) is 2.96. The Morgan fingerprint density at radius 1 is 0.906 bits per heavy atom. The average molecular weight is 428 g/mol. The lowest BCUT2D eigenvalue weighted by Gasteiger charge is -2.09. The van der Waals surface area contributed by atoms with Gasteiger partial charge in [0.05, 0.1) is 0 Å². The summed E-state index contributed by atoms with van der Waals surface area (Å²) in [5.74, 6) is -1.03. The van der Waals surface area contributed by atoms with Gasteiger partial charge in [0, 0.05) is 5.56 Å². The number of carbonyl (C=O) groups excluding carboxylic acids is 1. The summed E-state index contributed by atoms with van der Waals surface area (Å²) in [6.07, 6.45) is 3.49. The number of nitrogens with one attached hydrogen (secondary N) is 1. The molecule has 0 aliphatic rings. The molecule has 5 heteroatoms. The molecule has 3 aromatic carbocycles. The van der Waals surface area contributed by atoms with E-state index in [1.54, 1.807) is 54.6 Å². The van der Waals surface area contributed by atoms with Gasteiger partial charge in [0.15, 0.2) is 0 Å². The maximum Gasteiger partial charge on any atom is 0.352 e. The number of hydrogen-bond donors (Lipinski definition) is 2. The molecule has 0 bridgehead atoms. The maximum absolute atomic E-state index is 12.3. The molecule has 5 nitrogen and oxygen atoms in total. The molecule has 0 radical (unpaired) electrons. The van der Waals surface area contributed by atoms with Crippen LogP contribution in [-0.2, 0) is 11.4 Å². The highest BCUT2D eigenvalue weighted by Crippen LogP contribution is 2.18. The van der Waals surface area contributed by atoms with Crippen LogP contribution in [0.4, 0.5) is 0 Å². The van der Waals surface area contributed by atoms with E-state index in [9.17, 15) is 14.7 Å². The molecule has 0 spiro atoms. The molecule has 32 heavy (non-hydrogen) atoms. The first-order valence-electron chi connectivity index (χ1n) is 10.2. The smallest absolute Gasteiger partial charge is 0.352 e. The van der Waals surface area contributed by atoms with E-state index < -0.39 is 11.9 Å². The Bertz CT molecular complexity index is 1130. The Balaban J connectivity index is 1.63. The molecule has 0 aliphatic carbocycles. The summed E-state index contributed by atoms with van der Waals surface area (Å²) in [5.41, 5.74) is 4.27. The standard InChI is InChI=1S/C27H25NO4/c1-3-19(2)22-13-9-21(10-14-22)18-32-24-15-11-20(12-16-24)17-25(27(30)31)28-26(29)23-7-5-4-6-8-23/h3-17H,18H2,1-2H3,(H,28,29)(H,30,31)/b19-3+,25-17-. The van der Waals surface area contributed by atoms with Crippen LogP contribution in [0.15, 0.2) is 90.6 Å². The van der Waals surface area contributed by atoms with Crippen LogP contribution >= 0.6 is 0 Å². The highest BCUT2D eigenvalue weighted by atomic mass is 16.5. The van der Waals surface area contributed by atoms with Crippen molar-refractivity contribution in [3.63, 3.8) is 0 Å². The lowest BCUT2D eigenvalue weighted by molar-refractivity contribution is -0.132. The topological polar surface area (TPSA) is 75.6 Å². The van der Waals surface area contributed by atoms with E-state index in [-0.39, 0.29) is 5.70 Å². The summed E-state index contributed by atoms with van der Waals surface area (Å²) in [6.45, 7) is 4.52. The largest absolute Gasteiger partial charge is 0.489 e. The quantitative estimate of drug-likeness (QED) is 0.463. The number of amides is 1. The number of carboxylic acids is 1. The van der Waals surface area contributed by atoms with E-state index in [0.29, 0.717) is 23.5 Å². The van der Waals surface area contributed by atoms with Gasteiger partial charge >= 0.3 is 5.97 Å². The molecule has 2 N–H and O–H groups in total. The molecule has 1 amide bonds. The second kappa shape index (κ2) is 10.8. The molecule has 3 rings (SSSR count). The lowest BCUT2D eigenvalue weighted by Crippen LogP contribution is -2.27. The van der Waals surface area contributed by atoms with E-state index in [1.807, 2.05) is 19.1 Å². The predicted molar refractivity (Wildman–Crippen MR) is 126 cm³/mol. The molecule has 0 aromatic heterocycles. The van der Waals surface area contributed by atoms with Crippen molar-refractivity contribution in [1.82, 2.24) is 5.32 Å². The van der Waals surface area contributed by atoms with Gasteiger partial charge in [-0.3, -0.25) is 4.79 Å². The van der Waals surface area contributed by atoms with Gasteiger partial charge < -0.3 is 15.2 Å². The minimum absolute atomic E-state index is 0.205. The molecular formula is C27H25NO4. The van der Waals surface area contributed by atoms with E-state index >= 15 is 0 Å². The monoisotopic (exact) mass is 427 g/mol. The zero-order chi connectivity index (χ0) is 22.9. The molecule has 0 unspecified atom stereocenters. The van der Waals surface area contributed by atoms with Crippen LogP contribution in [0.2, 0.25) is 0 Å². The first-order chi connectivity index (χ1) is 15.5. The van der Waals surface area contributed by atoms with Crippen molar-refractivity contribution in [3.05, 3.63) is 113 Å². The maximum atomic E-state index is 12.3. The molecule has 0 heterocycles. The number of rotatable bonds is 8. The SMILES string of the molecule is C/C=C(\C)c1ccc(COc2ccc(/C=C(\NC(=O)c3ccccc3)C(=O)O)cc2)cc1. The van der Waals surface area contributed by atoms with Crippen LogP contribution in [0.1, 0.15) is 40.9 Å². The molecule has 3 aromatic rings. The third-order valence-electron chi connectivity index (χ3n) is 4.95. The van der Waals surface area contributed by atoms with E-state index in [0.717, 1.165) is 5.56 Å². The Morgan fingerprint density at radius 2 is 1.56 bits per heavy atom. The van der Waals surface area contributed by atoms with Crippen LogP contribution in [0.25, 0.3) is 11.6 Å². The number of benzene rings is 3. The molecular weight excluding hydrogens is 402 g/mol. The third kappa shape index (κ3) is 6.19. The third-order valence-corrected chi connectivity index (χ3v) is 4.95.